The molecule has 0 aliphatic rings. The van der Waals surface area contributed by atoms with Gasteiger partial charge in [-0.25, -0.2) is 4.98 Å². The Morgan fingerprint density at radius 1 is 1.17 bits per heavy atom. The van der Waals surface area contributed by atoms with E-state index in [0.29, 0.717) is 18.5 Å². The van der Waals surface area contributed by atoms with Crippen LogP contribution in [0.15, 0.2) is 58.8 Å². The third kappa shape index (κ3) is 3.92. The number of nitrogens with one attached hydrogen (secondary N) is 2. The quantitative estimate of drug-likeness (QED) is 0.757. The monoisotopic (exact) mass is 325 g/mol. The summed E-state index contributed by atoms with van der Waals surface area (Å²) in [5.74, 6) is -0.209. The van der Waals surface area contributed by atoms with Gasteiger partial charge >= 0.3 is 0 Å². The van der Waals surface area contributed by atoms with Crippen LogP contribution in [-0.2, 0) is 6.42 Å². The lowest BCUT2D eigenvalue weighted by molar-refractivity contribution is 0.0953. The van der Waals surface area contributed by atoms with Crippen molar-refractivity contribution < 1.29 is 4.79 Å². The third-order valence-electron chi connectivity index (χ3n) is 3.29. The molecular formula is C17H15N3O2S. The Labute approximate surface area is 137 Å². The maximum absolute atomic E-state index is 11.9. The fourth-order valence-corrected chi connectivity index (χ4v) is 2.95. The van der Waals surface area contributed by atoms with E-state index in [4.69, 9.17) is 0 Å². The molecule has 2 aromatic heterocycles. The van der Waals surface area contributed by atoms with Crippen LogP contribution in [0.1, 0.15) is 16.1 Å². The molecule has 5 nitrogen and oxygen atoms in total. The van der Waals surface area contributed by atoms with Gasteiger partial charge in [0.05, 0.1) is 11.3 Å². The number of carbonyl (C=O) groups excluding carboxylic acids is 1. The first kappa shape index (κ1) is 15.2. The van der Waals surface area contributed by atoms with Gasteiger partial charge in [-0.05, 0) is 6.07 Å². The predicted octanol–water partition coefficient (Wildman–Crippen LogP) is 2.47. The molecule has 116 valence electrons. The molecule has 1 aromatic carbocycles. The summed E-state index contributed by atoms with van der Waals surface area (Å²) < 4.78 is 0. The van der Waals surface area contributed by atoms with Crippen molar-refractivity contribution in [2.24, 2.45) is 0 Å². The summed E-state index contributed by atoms with van der Waals surface area (Å²) in [5, 5.41) is 5.81. The molecule has 0 aliphatic carbocycles. The summed E-state index contributed by atoms with van der Waals surface area (Å²) in [5.41, 5.74) is 2.27. The van der Waals surface area contributed by atoms with E-state index in [1.807, 2.05) is 35.7 Å². The van der Waals surface area contributed by atoms with Gasteiger partial charge in [-0.15, -0.1) is 11.3 Å². The van der Waals surface area contributed by atoms with Crippen molar-refractivity contribution in [1.82, 2.24) is 15.3 Å². The van der Waals surface area contributed by atoms with Crippen molar-refractivity contribution >= 4 is 17.2 Å². The summed E-state index contributed by atoms with van der Waals surface area (Å²) in [6.45, 7) is 0.496. The zero-order chi connectivity index (χ0) is 16.1. The minimum absolute atomic E-state index is 0.209. The largest absolute Gasteiger partial charge is 0.352 e. The summed E-state index contributed by atoms with van der Waals surface area (Å²) in [6, 6.07) is 12.8. The molecule has 3 rings (SSSR count). The van der Waals surface area contributed by atoms with E-state index >= 15 is 0 Å². The number of thiazole rings is 1. The Kier molecular flexibility index (Phi) is 4.63. The normalized spacial score (nSPS) is 10.4. The van der Waals surface area contributed by atoms with Gasteiger partial charge in [0.2, 0.25) is 5.56 Å². The van der Waals surface area contributed by atoms with Crippen LogP contribution in [-0.4, -0.2) is 22.4 Å². The van der Waals surface area contributed by atoms with Gasteiger partial charge in [0.25, 0.3) is 5.91 Å². The van der Waals surface area contributed by atoms with Crippen molar-refractivity contribution in [3.05, 3.63) is 75.7 Å². The molecule has 0 unspecified atom stereocenters. The molecule has 0 spiro atoms. The van der Waals surface area contributed by atoms with E-state index in [1.165, 1.54) is 18.3 Å². The van der Waals surface area contributed by atoms with Crippen LogP contribution in [0.4, 0.5) is 0 Å². The fourth-order valence-electron chi connectivity index (χ4n) is 2.09. The lowest BCUT2D eigenvalue weighted by Crippen LogP contribution is -2.26. The highest BCUT2D eigenvalue weighted by Gasteiger charge is 2.07. The highest BCUT2D eigenvalue weighted by molar-refractivity contribution is 7.13. The number of aromatic nitrogens is 2. The van der Waals surface area contributed by atoms with E-state index in [2.05, 4.69) is 15.3 Å². The summed E-state index contributed by atoms with van der Waals surface area (Å²) >= 11 is 1.60. The number of pyridine rings is 1. The lowest BCUT2D eigenvalue weighted by atomic mass is 10.2. The van der Waals surface area contributed by atoms with Crippen molar-refractivity contribution in [2.75, 3.05) is 6.54 Å². The first-order valence-electron chi connectivity index (χ1n) is 7.19. The average molecular weight is 325 g/mol. The van der Waals surface area contributed by atoms with Crippen LogP contribution < -0.4 is 10.9 Å². The molecule has 0 fully saturated rings. The minimum atomic E-state index is -0.225. The van der Waals surface area contributed by atoms with Crippen LogP contribution >= 0.6 is 11.3 Å². The van der Waals surface area contributed by atoms with Gasteiger partial charge in [-0.1, -0.05) is 30.3 Å². The van der Waals surface area contributed by atoms with E-state index in [-0.39, 0.29) is 11.5 Å². The average Bonchev–Trinajstić information content (AvgIpc) is 3.05. The van der Waals surface area contributed by atoms with E-state index in [9.17, 15) is 9.59 Å². The number of nitrogens with zero attached hydrogens (tertiary/aromatic N) is 1. The number of aromatic amines is 1. The molecule has 0 radical (unpaired) electrons. The second kappa shape index (κ2) is 7.02. The standard InChI is InChI=1S/C17H15N3O2S/c21-15-7-6-13(10-19-15)16(22)18-9-8-14-11-23-17(20-14)12-4-2-1-3-5-12/h1-7,10-11H,8-9H2,(H,18,22)(H,19,21). The van der Waals surface area contributed by atoms with Crippen LogP contribution in [0.25, 0.3) is 10.6 Å². The summed E-state index contributed by atoms with van der Waals surface area (Å²) in [6.07, 6.45) is 2.08. The third-order valence-corrected chi connectivity index (χ3v) is 4.23. The summed E-state index contributed by atoms with van der Waals surface area (Å²) in [4.78, 5) is 30.0. The van der Waals surface area contributed by atoms with Crippen molar-refractivity contribution in [3.8, 4) is 10.6 Å². The van der Waals surface area contributed by atoms with Crippen LogP contribution in [0, 0.1) is 0 Å². The van der Waals surface area contributed by atoms with Gasteiger partial charge in [0.15, 0.2) is 0 Å². The number of rotatable bonds is 5. The second-order valence-corrected chi connectivity index (χ2v) is 5.82. The molecule has 2 N–H and O–H groups in total. The van der Waals surface area contributed by atoms with Gasteiger partial charge in [-0.2, -0.15) is 0 Å². The van der Waals surface area contributed by atoms with Crippen LogP contribution in [0.3, 0.4) is 0 Å². The zero-order valence-corrected chi connectivity index (χ0v) is 13.1. The van der Waals surface area contributed by atoms with Crippen LogP contribution in [0.2, 0.25) is 0 Å². The van der Waals surface area contributed by atoms with Crippen molar-refractivity contribution in [2.45, 2.75) is 6.42 Å². The molecular weight excluding hydrogens is 310 g/mol. The number of amides is 1. The van der Waals surface area contributed by atoms with Crippen molar-refractivity contribution in [3.63, 3.8) is 0 Å². The first-order chi connectivity index (χ1) is 11.2. The second-order valence-electron chi connectivity index (χ2n) is 4.96. The van der Waals surface area contributed by atoms with E-state index in [1.54, 1.807) is 11.3 Å². The SMILES string of the molecule is O=C(NCCc1csc(-c2ccccc2)n1)c1ccc(=O)[nH]c1. The molecule has 0 bridgehead atoms. The van der Waals surface area contributed by atoms with Gasteiger partial charge in [-0.3, -0.25) is 9.59 Å². The molecule has 6 heteroatoms. The van der Waals surface area contributed by atoms with E-state index in [0.717, 1.165) is 16.3 Å². The van der Waals surface area contributed by atoms with Gasteiger partial charge in [0.1, 0.15) is 5.01 Å². The Morgan fingerprint density at radius 3 is 2.74 bits per heavy atom. The molecule has 0 aliphatic heterocycles. The number of carbonyl (C=O) groups is 1. The highest BCUT2D eigenvalue weighted by Crippen LogP contribution is 2.23. The molecule has 0 atom stereocenters. The molecule has 0 saturated carbocycles. The first-order valence-corrected chi connectivity index (χ1v) is 8.07. The lowest BCUT2D eigenvalue weighted by Gasteiger charge is -2.03. The molecule has 1 amide bonds. The fraction of sp³-hybridized carbons (Fsp3) is 0.118. The minimum Gasteiger partial charge on any atom is -0.352 e. The Bertz CT molecular complexity index is 835. The van der Waals surface area contributed by atoms with Gasteiger partial charge in [0, 0.05) is 36.2 Å². The van der Waals surface area contributed by atoms with Crippen molar-refractivity contribution in [1.29, 1.82) is 0 Å². The highest BCUT2D eigenvalue weighted by atomic mass is 32.1. The Hall–Kier alpha value is -2.73. The maximum Gasteiger partial charge on any atom is 0.252 e. The number of H-pyrrole nitrogens is 1. The Balaban J connectivity index is 1.55. The molecule has 23 heavy (non-hydrogen) atoms. The van der Waals surface area contributed by atoms with Crippen LogP contribution in [0.5, 0.6) is 0 Å². The van der Waals surface area contributed by atoms with Gasteiger partial charge < -0.3 is 10.3 Å². The topological polar surface area (TPSA) is 74.8 Å². The molecule has 2 heterocycles. The number of benzene rings is 1. The molecule has 3 aromatic rings. The number of hydrogen-bond donors (Lipinski definition) is 2. The molecule has 0 saturated heterocycles. The Morgan fingerprint density at radius 2 is 2.00 bits per heavy atom. The number of hydrogen-bond acceptors (Lipinski definition) is 4. The predicted molar refractivity (Wildman–Crippen MR) is 90.6 cm³/mol. The zero-order valence-electron chi connectivity index (χ0n) is 12.3. The smallest absolute Gasteiger partial charge is 0.252 e. The van der Waals surface area contributed by atoms with E-state index < -0.39 is 0 Å². The maximum atomic E-state index is 11.9. The summed E-state index contributed by atoms with van der Waals surface area (Å²) in [7, 11) is 0.